The van der Waals surface area contributed by atoms with Crippen molar-refractivity contribution in [3.63, 3.8) is 0 Å². The van der Waals surface area contributed by atoms with E-state index in [9.17, 15) is 8.78 Å². The average Bonchev–Trinajstić information content (AvgIpc) is 2.67. The van der Waals surface area contributed by atoms with Gasteiger partial charge in [-0.15, -0.1) is 0 Å². The number of anilines is 1. The van der Waals surface area contributed by atoms with Gasteiger partial charge in [-0.3, -0.25) is 0 Å². The molecule has 1 aliphatic heterocycles. The lowest BCUT2D eigenvalue weighted by atomic mass is 10.1. The first-order chi connectivity index (χ1) is 8.66. The summed E-state index contributed by atoms with van der Waals surface area (Å²) in [4.78, 5) is 4.02. The van der Waals surface area contributed by atoms with Gasteiger partial charge in [-0.2, -0.15) is 11.8 Å². The van der Waals surface area contributed by atoms with Crippen molar-refractivity contribution in [3.05, 3.63) is 23.8 Å². The molecule has 1 fully saturated rings. The zero-order valence-corrected chi connectivity index (χ0v) is 10.5. The molecule has 1 aromatic heterocycles. The lowest BCUT2D eigenvalue weighted by Gasteiger charge is -2.24. The number of nitrogens with two attached hydrogens (primary N) is 1. The summed E-state index contributed by atoms with van der Waals surface area (Å²) >= 11 is 1.89. The maximum Gasteiger partial charge on any atom is 0.201 e. The summed E-state index contributed by atoms with van der Waals surface area (Å²) in [5, 5.41) is 0. The Hall–Kier alpha value is -1.30. The average molecular weight is 269 g/mol. The summed E-state index contributed by atoms with van der Waals surface area (Å²) in [6.45, 7) is 0. The van der Waals surface area contributed by atoms with Crippen LogP contribution in [0.1, 0.15) is 18.9 Å². The van der Waals surface area contributed by atoms with Crippen LogP contribution < -0.4 is 5.73 Å². The van der Waals surface area contributed by atoms with E-state index >= 15 is 0 Å². The summed E-state index contributed by atoms with van der Waals surface area (Å²) in [5.41, 5.74) is 6.48. The molecule has 0 aliphatic carbocycles. The van der Waals surface area contributed by atoms with Gasteiger partial charge in [0.25, 0.3) is 0 Å². The van der Waals surface area contributed by atoms with Crippen molar-refractivity contribution in [1.29, 1.82) is 0 Å². The van der Waals surface area contributed by atoms with E-state index in [1.54, 1.807) is 4.57 Å². The monoisotopic (exact) mass is 269 g/mol. The van der Waals surface area contributed by atoms with Gasteiger partial charge in [0, 0.05) is 18.2 Å². The Kier molecular flexibility index (Phi) is 2.89. The second-order valence-electron chi connectivity index (χ2n) is 4.44. The third-order valence-electron chi connectivity index (χ3n) is 3.30. The lowest BCUT2D eigenvalue weighted by molar-refractivity contribution is 0.486. The van der Waals surface area contributed by atoms with E-state index in [-0.39, 0.29) is 17.5 Å². The molecule has 0 radical (unpaired) electrons. The van der Waals surface area contributed by atoms with Crippen LogP contribution in [0.2, 0.25) is 0 Å². The van der Waals surface area contributed by atoms with Gasteiger partial charge >= 0.3 is 0 Å². The van der Waals surface area contributed by atoms with Crippen molar-refractivity contribution in [2.45, 2.75) is 18.9 Å². The van der Waals surface area contributed by atoms with Crippen LogP contribution in [0.15, 0.2) is 12.1 Å². The van der Waals surface area contributed by atoms with Crippen LogP contribution in [-0.2, 0) is 0 Å². The van der Waals surface area contributed by atoms with Gasteiger partial charge in [0.1, 0.15) is 11.3 Å². The third kappa shape index (κ3) is 1.84. The normalized spacial score (nSPS) is 17.4. The van der Waals surface area contributed by atoms with Crippen molar-refractivity contribution < 1.29 is 8.78 Å². The van der Waals surface area contributed by atoms with Crippen LogP contribution in [0.5, 0.6) is 0 Å². The van der Waals surface area contributed by atoms with Gasteiger partial charge in [0.05, 0.1) is 5.52 Å². The summed E-state index contributed by atoms with van der Waals surface area (Å²) < 4.78 is 28.7. The van der Waals surface area contributed by atoms with Crippen LogP contribution in [0.4, 0.5) is 14.7 Å². The van der Waals surface area contributed by atoms with Crippen LogP contribution >= 0.6 is 11.8 Å². The first-order valence-corrected chi connectivity index (χ1v) is 7.02. The molecular formula is C12H13F2N3S. The largest absolute Gasteiger partial charge is 0.369 e. The highest BCUT2D eigenvalue weighted by molar-refractivity contribution is 7.99. The Morgan fingerprint density at radius 2 is 2.00 bits per heavy atom. The van der Waals surface area contributed by atoms with E-state index in [1.165, 1.54) is 6.07 Å². The fourth-order valence-electron chi connectivity index (χ4n) is 2.47. The molecule has 2 N–H and O–H groups in total. The molecule has 0 bridgehead atoms. The van der Waals surface area contributed by atoms with Gasteiger partial charge < -0.3 is 10.3 Å². The Morgan fingerprint density at radius 3 is 2.72 bits per heavy atom. The number of aromatic nitrogens is 2. The van der Waals surface area contributed by atoms with E-state index in [2.05, 4.69) is 4.98 Å². The zero-order valence-electron chi connectivity index (χ0n) is 9.70. The lowest BCUT2D eigenvalue weighted by Crippen LogP contribution is -2.17. The Labute approximate surface area is 107 Å². The van der Waals surface area contributed by atoms with Crippen molar-refractivity contribution in [2.75, 3.05) is 17.2 Å². The van der Waals surface area contributed by atoms with Crippen LogP contribution in [0.25, 0.3) is 11.0 Å². The van der Waals surface area contributed by atoms with Crippen molar-refractivity contribution in [2.24, 2.45) is 0 Å². The second-order valence-corrected chi connectivity index (χ2v) is 5.66. The molecule has 2 aromatic rings. The van der Waals surface area contributed by atoms with E-state index < -0.39 is 11.6 Å². The van der Waals surface area contributed by atoms with Crippen LogP contribution in [0.3, 0.4) is 0 Å². The van der Waals surface area contributed by atoms with Gasteiger partial charge in [0.2, 0.25) is 5.95 Å². The predicted octanol–water partition coefficient (Wildman–Crippen LogP) is 2.96. The highest BCUT2D eigenvalue weighted by atomic mass is 32.2. The summed E-state index contributed by atoms with van der Waals surface area (Å²) in [6.07, 6.45) is 1.91. The highest BCUT2D eigenvalue weighted by Gasteiger charge is 2.22. The van der Waals surface area contributed by atoms with Gasteiger partial charge in [-0.25, -0.2) is 13.8 Å². The SMILES string of the molecule is Nc1nc2c(F)cc(F)cc2n1C1CCSCC1. The first-order valence-electron chi connectivity index (χ1n) is 5.87. The molecule has 0 spiro atoms. The number of halogens is 2. The van der Waals surface area contributed by atoms with Gasteiger partial charge in [-0.05, 0) is 24.3 Å². The first kappa shape index (κ1) is 11.8. The Balaban J connectivity index is 2.18. The molecule has 0 saturated carbocycles. The quantitative estimate of drug-likeness (QED) is 0.865. The summed E-state index contributed by atoms with van der Waals surface area (Å²) in [7, 11) is 0. The van der Waals surface area contributed by atoms with Gasteiger partial charge in [-0.1, -0.05) is 0 Å². The minimum atomic E-state index is -0.652. The van der Waals surface area contributed by atoms with E-state index in [1.807, 2.05) is 11.8 Å². The van der Waals surface area contributed by atoms with E-state index in [4.69, 9.17) is 5.73 Å². The minimum absolute atomic E-state index is 0.159. The number of hydrogen-bond acceptors (Lipinski definition) is 3. The van der Waals surface area contributed by atoms with E-state index in [0.717, 1.165) is 30.4 Å². The molecule has 1 saturated heterocycles. The number of thioether (sulfide) groups is 1. The molecular weight excluding hydrogens is 256 g/mol. The van der Waals surface area contributed by atoms with E-state index in [0.29, 0.717) is 5.52 Å². The highest BCUT2D eigenvalue weighted by Crippen LogP contribution is 2.33. The molecule has 1 aliphatic rings. The second kappa shape index (κ2) is 4.42. The molecule has 3 nitrogen and oxygen atoms in total. The number of hydrogen-bond donors (Lipinski definition) is 1. The van der Waals surface area contributed by atoms with Crippen molar-refractivity contribution >= 4 is 28.7 Å². The fourth-order valence-corrected chi connectivity index (χ4v) is 3.55. The Morgan fingerprint density at radius 1 is 1.28 bits per heavy atom. The van der Waals surface area contributed by atoms with Gasteiger partial charge in [0.15, 0.2) is 5.82 Å². The molecule has 0 unspecified atom stereocenters. The maximum absolute atomic E-state index is 13.6. The fraction of sp³-hybridized carbons (Fsp3) is 0.417. The minimum Gasteiger partial charge on any atom is -0.369 e. The standard InChI is InChI=1S/C12H13F2N3S/c13-7-5-9(14)11-10(6-7)17(12(15)16-11)8-1-3-18-4-2-8/h5-6,8H,1-4H2,(H2,15,16). The third-order valence-corrected chi connectivity index (χ3v) is 4.35. The number of nitrogens with zero attached hydrogens (tertiary/aromatic N) is 2. The van der Waals surface area contributed by atoms with Crippen LogP contribution in [0, 0.1) is 11.6 Å². The summed E-state index contributed by atoms with van der Waals surface area (Å²) in [6, 6.07) is 2.34. The predicted molar refractivity (Wildman–Crippen MR) is 69.7 cm³/mol. The molecule has 3 rings (SSSR count). The summed E-state index contributed by atoms with van der Waals surface area (Å²) in [5.74, 6) is 1.11. The van der Waals surface area contributed by atoms with Crippen LogP contribution in [-0.4, -0.2) is 21.1 Å². The molecule has 18 heavy (non-hydrogen) atoms. The zero-order chi connectivity index (χ0) is 12.7. The number of benzene rings is 1. The molecule has 96 valence electrons. The molecule has 1 aromatic carbocycles. The maximum atomic E-state index is 13.6. The van der Waals surface area contributed by atoms with Crippen molar-refractivity contribution in [3.8, 4) is 0 Å². The smallest absolute Gasteiger partial charge is 0.201 e. The Bertz CT molecular complexity index is 591. The topological polar surface area (TPSA) is 43.8 Å². The number of nitrogen functional groups attached to an aromatic ring is 1. The number of fused-ring (bicyclic) bond motifs is 1. The number of imidazole rings is 1. The molecule has 6 heteroatoms. The molecule has 0 atom stereocenters. The molecule has 2 heterocycles. The van der Waals surface area contributed by atoms with Crippen molar-refractivity contribution in [1.82, 2.24) is 9.55 Å². The number of rotatable bonds is 1. The molecule has 0 amide bonds.